The molecule has 1 aromatic carbocycles. The summed E-state index contributed by atoms with van der Waals surface area (Å²) in [5.41, 5.74) is -0.166. The van der Waals surface area contributed by atoms with Gasteiger partial charge in [-0.1, -0.05) is 13.8 Å². The van der Waals surface area contributed by atoms with Gasteiger partial charge in [-0.25, -0.2) is 0 Å². The molecular weight excluding hydrogens is 300 g/mol. The van der Waals surface area contributed by atoms with Crippen molar-refractivity contribution in [1.29, 1.82) is 0 Å². The van der Waals surface area contributed by atoms with Crippen molar-refractivity contribution in [3.8, 4) is 0 Å². The molecule has 1 fully saturated rings. The first-order valence-electron chi connectivity index (χ1n) is 7.78. The molecule has 0 saturated carbocycles. The Labute approximate surface area is 134 Å². The van der Waals surface area contributed by atoms with Gasteiger partial charge in [-0.3, -0.25) is 20.2 Å². The number of likely N-dealkylation sites (tertiary alicyclic amines) is 1. The number of benzene rings is 1. The van der Waals surface area contributed by atoms with E-state index in [0.717, 1.165) is 38.5 Å². The molecule has 1 aliphatic heterocycles. The third-order valence-corrected chi connectivity index (χ3v) is 3.96. The number of piperidine rings is 1. The van der Waals surface area contributed by atoms with Gasteiger partial charge >= 0.3 is 0 Å². The highest BCUT2D eigenvalue weighted by molar-refractivity contribution is 5.65. The Morgan fingerprint density at radius 3 is 2.39 bits per heavy atom. The van der Waals surface area contributed by atoms with Crippen molar-refractivity contribution in [2.75, 3.05) is 25.0 Å². The molecule has 126 valence electrons. The molecule has 1 aliphatic rings. The third kappa shape index (κ3) is 4.62. The second-order valence-electron chi connectivity index (χ2n) is 6.33. The van der Waals surface area contributed by atoms with Crippen LogP contribution in [0.3, 0.4) is 0 Å². The zero-order valence-corrected chi connectivity index (χ0v) is 13.4. The highest BCUT2D eigenvalue weighted by Gasteiger charge is 2.24. The number of hydrogen-bond acceptors (Lipinski definition) is 6. The van der Waals surface area contributed by atoms with E-state index in [2.05, 4.69) is 24.1 Å². The minimum atomic E-state index is -0.624. The number of hydrogen-bond donors (Lipinski definition) is 1. The van der Waals surface area contributed by atoms with Gasteiger partial charge in [0.25, 0.3) is 11.4 Å². The first kappa shape index (κ1) is 17.1. The normalized spacial score (nSPS) is 16.5. The van der Waals surface area contributed by atoms with E-state index >= 15 is 0 Å². The van der Waals surface area contributed by atoms with Crippen LogP contribution in [0.4, 0.5) is 17.1 Å². The topological polar surface area (TPSA) is 102 Å². The number of nitrogens with one attached hydrogen (secondary N) is 1. The van der Waals surface area contributed by atoms with Gasteiger partial charge in [0.1, 0.15) is 5.69 Å². The Morgan fingerprint density at radius 2 is 1.87 bits per heavy atom. The Morgan fingerprint density at radius 1 is 1.22 bits per heavy atom. The van der Waals surface area contributed by atoms with Crippen molar-refractivity contribution in [2.24, 2.45) is 5.92 Å². The molecule has 1 N–H and O–H groups in total. The Hall–Kier alpha value is -2.22. The highest BCUT2D eigenvalue weighted by atomic mass is 16.6. The molecule has 0 amide bonds. The molecule has 0 radical (unpaired) electrons. The van der Waals surface area contributed by atoms with E-state index in [0.29, 0.717) is 11.6 Å². The molecule has 0 aliphatic carbocycles. The van der Waals surface area contributed by atoms with E-state index in [-0.39, 0.29) is 17.4 Å². The Balaban J connectivity index is 2.03. The van der Waals surface area contributed by atoms with Crippen LogP contribution in [-0.2, 0) is 0 Å². The predicted octanol–water partition coefficient (Wildman–Crippen LogP) is 3.04. The smallest absolute Gasteiger partial charge is 0.299 e. The van der Waals surface area contributed by atoms with E-state index in [4.69, 9.17) is 0 Å². The number of non-ortho nitro benzene ring substituents is 1. The van der Waals surface area contributed by atoms with Crippen molar-refractivity contribution in [1.82, 2.24) is 4.90 Å². The zero-order valence-electron chi connectivity index (χ0n) is 13.4. The average molecular weight is 322 g/mol. The predicted molar refractivity (Wildman–Crippen MR) is 87.7 cm³/mol. The van der Waals surface area contributed by atoms with E-state index in [1.54, 1.807) is 0 Å². The lowest BCUT2D eigenvalue weighted by Gasteiger charge is -2.33. The monoisotopic (exact) mass is 322 g/mol. The SMILES string of the molecule is CC(C)CN1CCC(Nc2ccc([N+](=O)[O-])cc2[N+](=O)[O-])CC1. The van der Waals surface area contributed by atoms with E-state index in [1.165, 1.54) is 12.1 Å². The standard InChI is InChI=1S/C15H22N4O4/c1-11(2)10-17-7-5-12(6-8-17)16-14-4-3-13(18(20)21)9-15(14)19(22)23/h3-4,9,11-12,16H,5-8,10H2,1-2H3. The van der Waals surface area contributed by atoms with Gasteiger partial charge in [-0.05, 0) is 24.8 Å². The summed E-state index contributed by atoms with van der Waals surface area (Å²) in [5.74, 6) is 0.621. The molecule has 0 spiro atoms. The third-order valence-electron chi connectivity index (χ3n) is 3.96. The Bertz CT molecular complexity index is 583. The average Bonchev–Trinajstić information content (AvgIpc) is 2.48. The lowest BCUT2D eigenvalue weighted by molar-refractivity contribution is -0.393. The summed E-state index contributed by atoms with van der Waals surface area (Å²) in [4.78, 5) is 23.1. The highest BCUT2D eigenvalue weighted by Crippen LogP contribution is 2.30. The molecule has 0 aromatic heterocycles. The minimum Gasteiger partial charge on any atom is -0.377 e. The summed E-state index contributed by atoms with van der Waals surface area (Å²) < 4.78 is 0. The maximum atomic E-state index is 11.1. The van der Waals surface area contributed by atoms with Crippen LogP contribution in [-0.4, -0.2) is 40.4 Å². The summed E-state index contributed by atoms with van der Waals surface area (Å²) in [7, 11) is 0. The summed E-state index contributed by atoms with van der Waals surface area (Å²) in [6, 6.07) is 3.88. The van der Waals surface area contributed by atoms with Crippen molar-refractivity contribution < 1.29 is 9.85 Å². The molecule has 1 aromatic rings. The number of nitro groups is 2. The van der Waals surface area contributed by atoms with Gasteiger partial charge in [0.15, 0.2) is 0 Å². The molecule has 1 saturated heterocycles. The second kappa shape index (κ2) is 7.36. The molecule has 8 nitrogen and oxygen atoms in total. The van der Waals surface area contributed by atoms with Crippen LogP contribution in [0.25, 0.3) is 0 Å². The van der Waals surface area contributed by atoms with Crippen molar-refractivity contribution in [3.05, 3.63) is 38.4 Å². The molecular formula is C15H22N4O4. The van der Waals surface area contributed by atoms with Gasteiger partial charge < -0.3 is 10.2 Å². The quantitative estimate of drug-likeness (QED) is 0.638. The summed E-state index contributed by atoms with van der Waals surface area (Å²) >= 11 is 0. The first-order valence-corrected chi connectivity index (χ1v) is 7.78. The fraction of sp³-hybridized carbons (Fsp3) is 0.600. The lowest BCUT2D eigenvalue weighted by atomic mass is 10.0. The molecule has 23 heavy (non-hydrogen) atoms. The van der Waals surface area contributed by atoms with Crippen LogP contribution in [0.5, 0.6) is 0 Å². The summed E-state index contributed by atoms with van der Waals surface area (Å²) in [5, 5.41) is 25.1. The molecule has 0 bridgehead atoms. The van der Waals surface area contributed by atoms with Crippen LogP contribution in [0.2, 0.25) is 0 Å². The molecule has 0 unspecified atom stereocenters. The van der Waals surface area contributed by atoms with Crippen LogP contribution in [0.15, 0.2) is 18.2 Å². The van der Waals surface area contributed by atoms with Crippen molar-refractivity contribution >= 4 is 17.1 Å². The van der Waals surface area contributed by atoms with Crippen LogP contribution in [0.1, 0.15) is 26.7 Å². The number of rotatable bonds is 6. The van der Waals surface area contributed by atoms with E-state index in [9.17, 15) is 20.2 Å². The van der Waals surface area contributed by atoms with Crippen molar-refractivity contribution in [3.63, 3.8) is 0 Å². The minimum absolute atomic E-state index is 0.151. The number of nitrogens with zero attached hydrogens (tertiary/aromatic N) is 3. The van der Waals surface area contributed by atoms with Crippen molar-refractivity contribution in [2.45, 2.75) is 32.7 Å². The summed E-state index contributed by atoms with van der Waals surface area (Å²) in [6.07, 6.45) is 1.81. The van der Waals surface area contributed by atoms with Gasteiger partial charge in [0, 0.05) is 31.7 Å². The largest absolute Gasteiger partial charge is 0.377 e. The maximum absolute atomic E-state index is 11.1. The van der Waals surface area contributed by atoms with Crippen LogP contribution >= 0.6 is 0 Å². The fourth-order valence-electron chi connectivity index (χ4n) is 2.90. The number of nitro benzene ring substituents is 2. The lowest BCUT2D eigenvalue weighted by Crippen LogP contribution is -2.40. The first-order chi connectivity index (χ1) is 10.9. The van der Waals surface area contributed by atoms with Gasteiger partial charge in [0.05, 0.1) is 15.9 Å². The van der Waals surface area contributed by atoms with Gasteiger partial charge in [-0.15, -0.1) is 0 Å². The Kier molecular flexibility index (Phi) is 5.49. The molecule has 2 rings (SSSR count). The maximum Gasteiger partial charge on any atom is 0.299 e. The molecule has 1 heterocycles. The molecule has 8 heteroatoms. The van der Waals surface area contributed by atoms with E-state index < -0.39 is 9.85 Å². The van der Waals surface area contributed by atoms with Crippen LogP contribution < -0.4 is 5.32 Å². The fourth-order valence-corrected chi connectivity index (χ4v) is 2.90. The second-order valence-corrected chi connectivity index (χ2v) is 6.33. The number of anilines is 1. The molecule has 0 atom stereocenters. The van der Waals surface area contributed by atoms with E-state index in [1.807, 2.05) is 0 Å². The zero-order chi connectivity index (χ0) is 17.0. The van der Waals surface area contributed by atoms with Crippen LogP contribution in [0, 0.1) is 26.1 Å². The summed E-state index contributed by atoms with van der Waals surface area (Å²) in [6.45, 7) is 7.34. The van der Waals surface area contributed by atoms with Gasteiger partial charge in [-0.2, -0.15) is 0 Å². The van der Waals surface area contributed by atoms with Gasteiger partial charge in [0.2, 0.25) is 0 Å².